The zero-order chi connectivity index (χ0) is 22.9. The number of hydrogen-bond donors (Lipinski definition) is 1. The molecular formula is C23H28N4O4S. The third-order valence-corrected chi connectivity index (χ3v) is 5.73. The molecule has 2 aromatic carbocycles. The summed E-state index contributed by atoms with van der Waals surface area (Å²) >= 11 is 1.35. The Hall–Kier alpha value is -3.20. The van der Waals surface area contributed by atoms with E-state index in [9.17, 15) is 4.79 Å². The number of carbonyl (C=O) groups is 1. The van der Waals surface area contributed by atoms with Crippen LogP contribution in [0.15, 0.2) is 53.7 Å². The normalized spacial score (nSPS) is 11.6. The van der Waals surface area contributed by atoms with Crippen LogP contribution >= 0.6 is 11.8 Å². The maximum absolute atomic E-state index is 12.3. The second-order valence-electron chi connectivity index (χ2n) is 6.94. The van der Waals surface area contributed by atoms with E-state index < -0.39 is 0 Å². The van der Waals surface area contributed by atoms with Crippen molar-refractivity contribution >= 4 is 17.7 Å². The van der Waals surface area contributed by atoms with Crippen LogP contribution in [0.25, 0.3) is 0 Å². The second kappa shape index (κ2) is 11.4. The van der Waals surface area contributed by atoms with Crippen LogP contribution in [0.3, 0.4) is 0 Å². The topological polar surface area (TPSA) is 87.5 Å². The largest absolute Gasteiger partial charge is 0.497 e. The molecule has 0 aliphatic carbocycles. The molecule has 8 nitrogen and oxygen atoms in total. The van der Waals surface area contributed by atoms with Crippen LogP contribution < -0.4 is 19.5 Å². The van der Waals surface area contributed by atoms with Crippen LogP contribution in [0, 0.1) is 0 Å². The second-order valence-corrected chi connectivity index (χ2v) is 7.88. The van der Waals surface area contributed by atoms with Crippen LogP contribution in [0.4, 0.5) is 0 Å². The average molecular weight is 457 g/mol. The van der Waals surface area contributed by atoms with Gasteiger partial charge >= 0.3 is 0 Å². The Kier molecular flexibility index (Phi) is 8.38. The first-order valence-electron chi connectivity index (χ1n) is 10.3. The SMILES string of the molecule is CCn1c(SCC(=O)NCc2ccc(OC)cc2)nnc1C(C)Oc1cccc(OC)c1. The lowest BCUT2D eigenvalue weighted by Gasteiger charge is -2.16. The van der Waals surface area contributed by atoms with Gasteiger partial charge in [0.15, 0.2) is 17.1 Å². The maximum atomic E-state index is 12.3. The number of methoxy groups -OCH3 is 2. The molecule has 9 heteroatoms. The van der Waals surface area contributed by atoms with Gasteiger partial charge in [0.1, 0.15) is 17.2 Å². The van der Waals surface area contributed by atoms with E-state index in [0.29, 0.717) is 29.8 Å². The fraction of sp³-hybridized carbons (Fsp3) is 0.348. The Bertz CT molecular complexity index is 1020. The number of thioether (sulfide) groups is 1. The van der Waals surface area contributed by atoms with Crippen LogP contribution in [0.5, 0.6) is 17.2 Å². The van der Waals surface area contributed by atoms with Crippen molar-refractivity contribution in [1.29, 1.82) is 0 Å². The molecule has 0 saturated carbocycles. The van der Waals surface area contributed by atoms with Gasteiger partial charge in [-0.25, -0.2) is 0 Å². The molecule has 0 bridgehead atoms. The molecule has 1 atom stereocenters. The van der Waals surface area contributed by atoms with Crippen molar-refractivity contribution in [2.24, 2.45) is 0 Å². The number of amides is 1. The monoisotopic (exact) mass is 456 g/mol. The molecule has 1 N–H and O–H groups in total. The summed E-state index contributed by atoms with van der Waals surface area (Å²) in [5.74, 6) is 3.09. The molecule has 1 aromatic heterocycles. The highest BCUT2D eigenvalue weighted by atomic mass is 32.2. The van der Waals surface area contributed by atoms with E-state index in [4.69, 9.17) is 14.2 Å². The molecule has 1 amide bonds. The standard InChI is InChI=1S/C23H28N4O4S/c1-5-27-22(16(2)31-20-8-6-7-19(13-20)30-4)25-26-23(27)32-15-21(28)24-14-17-9-11-18(29-3)12-10-17/h6-13,16H,5,14-15H2,1-4H3,(H,24,28). The number of nitrogens with one attached hydrogen (secondary N) is 1. The lowest BCUT2D eigenvalue weighted by Crippen LogP contribution is -2.24. The van der Waals surface area contributed by atoms with Gasteiger partial charge in [-0.2, -0.15) is 0 Å². The van der Waals surface area contributed by atoms with E-state index in [1.807, 2.05) is 66.9 Å². The number of benzene rings is 2. The lowest BCUT2D eigenvalue weighted by molar-refractivity contribution is -0.118. The lowest BCUT2D eigenvalue weighted by atomic mass is 10.2. The Morgan fingerprint density at radius 2 is 1.78 bits per heavy atom. The zero-order valence-electron chi connectivity index (χ0n) is 18.7. The molecule has 3 rings (SSSR count). The highest BCUT2D eigenvalue weighted by molar-refractivity contribution is 7.99. The fourth-order valence-electron chi connectivity index (χ4n) is 3.06. The first kappa shape index (κ1) is 23.5. The summed E-state index contributed by atoms with van der Waals surface area (Å²) in [5, 5.41) is 12.2. The number of carbonyl (C=O) groups excluding carboxylic acids is 1. The minimum atomic E-state index is -0.312. The van der Waals surface area contributed by atoms with Gasteiger partial charge in [-0.3, -0.25) is 4.79 Å². The fourth-order valence-corrected chi connectivity index (χ4v) is 3.90. The van der Waals surface area contributed by atoms with Gasteiger partial charge in [0.2, 0.25) is 5.91 Å². The summed E-state index contributed by atoms with van der Waals surface area (Å²) in [4.78, 5) is 12.3. The van der Waals surface area contributed by atoms with Crippen molar-refractivity contribution in [1.82, 2.24) is 20.1 Å². The first-order valence-corrected chi connectivity index (χ1v) is 11.3. The first-order chi connectivity index (χ1) is 15.5. The van der Waals surface area contributed by atoms with Gasteiger partial charge in [0.25, 0.3) is 0 Å². The van der Waals surface area contributed by atoms with Gasteiger partial charge < -0.3 is 24.1 Å². The average Bonchev–Trinajstić information content (AvgIpc) is 3.25. The van der Waals surface area contributed by atoms with E-state index in [-0.39, 0.29) is 17.8 Å². The third kappa shape index (κ3) is 6.16. The highest BCUT2D eigenvalue weighted by Crippen LogP contribution is 2.26. The quantitative estimate of drug-likeness (QED) is 0.438. The third-order valence-electron chi connectivity index (χ3n) is 4.76. The van der Waals surface area contributed by atoms with E-state index in [1.165, 1.54) is 11.8 Å². The van der Waals surface area contributed by atoms with Crippen LogP contribution in [-0.2, 0) is 17.9 Å². The molecule has 170 valence electrons. The number of aromatic nitrogens is 3. The highest BCUT2D eigenvalue weighted by Gasteiger charge is 2.19. The van der Waals surface area contributed by atoms with Crippen LogP contribution in [-0.4, -0.2) is 40.6 Å². The summed E-state index contributed by atoms with van der Waals surface area (Å²) in [5.41, 5.74) is 1.01. The molecular weight excluding hydrogens is 428 g/mol. The van der Waals surface area contributed by atoms with Crippen molar-refractivity contribution < 1.29 is 19.0 Å². The Morgan fingerprint density at radius 3 is 2.47 bits per heavy atom. The zero-order valence-corrected chi connectivity index (χ0v) is 19.5. The molecule has 0 spiro atoms. The van der Waals surface area contributed by atoms with E-state index >= 15 is 0 Å². The number of nitrogens with zero attached hydrogens (tertiary/aromatic N) is 3. The molecule has 0 saturated heterocycles. The number of hydrogen-bond acceptors (Lipinski definition) is 7. The summed E-state index contributed by atoms with van der Waals surface area (Å²) < 4.78 is 18.4. The van der Waals surface area contributed by atoms with Gasteiger partial charge in [-0.15, -0.1) is 10.2 Å². The van der Waals surface area contributed by atoms with Gasteiger partial charge in [-0.05, 0) is 43.7 Å². The number of ether oxygens (including phenoxy) is 3. The Balaban J connectivity index is 1.55. The van der Waals surface area contributed by atoms with Crippen molar-refractivity contribution in [3.63, 3.8) is 0 Å². The molecule has 0 aliphatic rings. The van der Waals surface area contributed by atoms with E-state index in [1.54, 1.807) is 14.2 Å². The smallest absolute Gasteiger partial charge is 0.230 e. The van der Waals surface area contributed by atoms with Gasteiger partial charge in [-0.1, -0.05) is 30.0 Å². The molecule has 0 aliphatic heterocycles. The molecule has 1 unspecified atom stereocenters. The van der Waals surface area contributed by atoms with Gasteiger partial charge in [0, 0.05) is 19.2 Å². The summed E-state index contributed by atoms with van der Waals surface area (Å²) in [6.07, 6.45) is -0.312. The Labute approximate surface area is 192 Å². The van der Waals surface area contributed by atoms with Crippen molar-refractivity contribution in [2.45, 2.75) is 38.2 Å². The van der Waals surface area contributed by atoms with E-state index in [0.717, 1.165) is 17.1 Å². The summed E-state index contributed by atoms with van der Waals surface area (Å²) in [6, 6.07) is 15.0. The molecule has 1 heterocycles. The van der Waals surface area contributed by atoms with Crippen molar-refractivity contribution in [3.05, 3.63) is 59.9 Å². The summed E-state index contributed by atoms with van der Waals surface area (Å²) in [6.45, 7) is 5.06. The Morgan fingerprint density at radius 1 is 1.06 bits per heavy atom. The molecule has 3 aromatic rings. The minimum absolute atomic E-state index is 0.0706. The minimum Gasteiger partial charge on any atom is -0.497 e. The predicted molar refractivity (Wildman–Crippen MR) is 123 cm³/mol. The van der Waals surface area contributed by atoms with Crippen molar-refractivity contribution in [2.75, 3.05) is 20.0 Å². The van der Waals surface area contributed by atoms with Crippen LogP contribution in [0.1, 0.15) is 31.3 Å². The van der Waals surface area contributed by atoms with E-state index in [2.05, 4.69) is 15.5 Å². The van der Waals surface area contributed by atoms with Gasteiger partial charge in [0.05, 0.1) is 20.0 Å². The molecule has 0 fully saturated rings. The van der Waals surface area contributed by atoms with Crippen molar-refractivity contribution in [3.8, 4) is 17.2 Å². The summed E-state index contributed by atoms with van der Waals surface area (Å²) in [7, 11) is 3.24. The van der Waals surface area contributed by atoms with Crippen LogP contribution in [0.2, 0.25) is 0 Å². The molecule has 32 heavy (non-hydrogen) atoms. The number of rotatable bonds is 11. The maximum Gasteiger partial charge on any atom is 0.230 e. The molecule has 0 radical (unpaired) electrons. The predicted octanol–water partition coefficient (Wildman–Crippen LogP) is 3.86.